The highest BCUT2D eigenvalue weighted by atomic mass is 16.7. The number of para-hydroxylation sites is 1. The number of hydroxylamine groups is 1. The van der Waals surface area contributed by atoms with Crippen LogP contribution in [0.3, 0.4) is 0 Å². The molecule has 3 aromatic rings. The van der Waals surface area contributed by atoms with Gasteiger partial charge in [0, 0.05) is 5.56 Å². The summed E-state index contributed by atoms with van der Waals surface area (Å²) in [5, 5.41) is 1.63. The number of amides is 2. The second kappa shape index (κ2) is 8.96. The van der Waals surface area contributed by atoms with Crippen LogP contribution in [-0.2, 0) is 14.4 Å². The lowest BCUT2D eigenvalue weighted by Gasteiger charge is -2.30. The predicted octanol–water partition coefficient (Wildman–Crippen LogP) is 4.07. The first-order valence-corrected chi connectivity index (χ1v) is 11.2. The van der Waals surface area contributed by atoms with Crippen LogP contribution in [-0.4, -0.2) is 39.2 Å². The van der Waals surface area contributed by atoms with E-state index >= 15 is 0 Å². The summed E-state index contributed by atoms with van der Waals surface area (Å²) in [7, 11) is 4.60. The molecule has 2 heterocycles. The Kier molecular flexibility index (Phi) is 5.82. The largest absolute Gasteiger partial charge is 0.493 e. The molecule has 35 heavy (non-hydrogen) atoms. The van der Waals surface area contributed by atoms with Crippen molar-refractivity contribution in [1.29, 1.82) is 0 Å². The number of carbonyl (C=O) groups is 2. The maximum absolute atomic E-state index is 13.8. The van der Waals surface area contributed by atoms with Crippen molar-refractivity contribution in [3.8, 4) is 17.2 Å². The molecule has 0 bridgehead atoms. The minimum atomic E-state index is -0.981. The maximum Gasteiger partial charge on any atom is 0.266 e. The first kappa shape index (κ1) is 22.7. The number of ether oxygens (including phenoxy) is 3. The molecule has 3 aromatic carbocycles. The highest BCUT2D eigenvalue weighted by Crippen LogP contribution is 2.52. The average Bonchev–Trinajstić information content (AvgIpc) is 3.39. The number of rotatable bonds is 6. The topological polar surface area (TPSA) is 77.5 Å². The van der Waals surface area contributed by atoms with Crippen molar-refractivity contribution in [2.24, 2.45) is 5.92 Å². The van der Waals surface area contributed by atoms with E-state index in [0.717, 1.165) is 5.56 Å². The molecule has 8 heteroatoms. The highest BCUT2D eigenvalue weighted by molar-refractivity contribution is 6.24. The molecular weight excluding hydrogens is 448 g/mol. The minimum absolute atomic E-state index is 0.328. The van der Waals surface area contributed by atoms with Crippen molar-refractivity contribution in [3.63, 3.8) is 0 Å². The van der Waals surface area contributed by atoms with E-state index in [-0.39, 0.29) is 5.91 Å². The molecule has 0 radical (unpaired) electrons. The molecule has 2 aliphatic rings. The first-order valence-electron chi connectivity index (χ1n) is 11.2. The zero-order valence-corrected chi connectivity index (χ0v) is 19.9. The molecule has 2 aliphatic heterocycles. The molecule has 180 valence electrons. The SMILES string of the molecule is COc1ccc([C@@H]2[C@H]3C(=O)N(c4cccc(C)c4)C(=O)[C@@H]3ON2c2ccccc2)c(OC)c1OC. The second-order valence-corrected chi connectivity index (χ2v) is 8.43. The Morgan fingerprint density at radius 1 is 0.771 bits per heavy atom. The Hall–Kier alpha value is -4.04. The monoisotopic (exact) mass is 474 g/mol. The van der Waals surface area contributed by atoms with Gasteiger partial charge in [-0.05, 0) is 48.9 Å². The van der Waals surface area contributed by atoms with Gasteiger partial charge in [0.25, 0.3) is 5.91 Å². The summed E-state index contributed by atoms with van der Waals surface area (Å²) in [5.74, 6) is -0.216. The number of carbonyl (C=O) groups excluding carboxylic acids is 2. The van der Waals surface area contributed by atoms with Gasteiger partial charge < -0.3 is 14.2 Å². The third-order valence-corrected chi connectivity index (χ3v) is 6.44. The van der Waals surface area contributed by atoms with Crippen molar-refractivity contribution < 1.29 is 28.6 Å². The zero-order valence-electron chi connectivity index (χ0n) is 19.9. The maximum atomic E-state index is 13.8. The van der Waals surface area contributed by atoms with Crippen molar-refractivity contribution in [2.45, 2.75) is 19.1 Å². The summed E-state index contributed by atoms with van der Waals surface area (Å²) in [4.78, 5) is 34.8. The quantitative estimate of drug-likeness (QED) is 0.499. The fourth-order valence-corrected chi connectivity index (χ4v) is 4.91. The molecule has 2 fully saturated rings. The van der Waals surface area contributed by atoms with Crippen LogP contribution >= 0.6 is 0 Å². The van der Waals surface area contributed by atoms with E-state index in [1.165, 1.54) is 19.1 Å². The van der Waals surface area contributed by atoms with Crippen LogP contribution in [0.2, 0.25) is 0 Å². The standard InChI is InChI=1S/C27H26N2O6/c1-16-9-8-12-18(15-16)28-26(30)21-22(19-13-14-20(32-2)24(34-4)23(19)33-3)29(35-25(21)27(28)31)17-10-6-5-7-11-17/h5-15,21-22,25H,1-4H3/t21-,22-,25-/m1/s1. The van der Waals surface area contributed by atoms with Gasteiger partial charge in [0.15, 0.2) is 17.6 Å². The second-order valence-electron chi connectivity index (χ2n) is 8.43. The van der Waals surface area contributed by atoms with E-state index < -0.39 is 24.0 Å². The summed E-state index contributed by atoms with van der Waals surface area (Å²) in [5.41, 5.74) is 2.84. The van der Waals surface area contributed by atoms with Crippen molar-refractivity contribution in [2.75, 3.05) is 31.3 Å². The van der Waals surface area contributed by atoms with E-state index in [0.29, 0.717) is 34.2 Å². The fraction of sp³-hybridized carbons (Fsp3) is 0.259. The third-order valence-electron chi connectivity index (χ3n) is 6.44. The number of hydrogen-bond acceptors (Lipinski definition) is 7. The van der Waals surface area contributed by atoms with Crippen LogP contribution in [0.5, 0.6) is 17.2 Å². The third kappa shape index (κ3) is 3.57. The molecule has 2 amide bonds. The van der Waals surface area contributed by atoms with Gasteiger partial charge in [-0.25, -0.2) is 9.96 Å². The summed E-state index contributed by atoms with van der Waals surface area (Å²) in [6.07, 6.45) is -0.981. The number of hydrogen-bond donors (Lipinski definition) is 0. The van der Waals surface area contributed by atoms with Gasteiger partial charge >= 0.3 is 0 Å². The lowest BCUT2D eigenvalue weighted by atomic mass is 9.89. The molecule has 0 aliphatic carbocycles. The van der Waals surface area contributed by atoms with E-state index in [2.05, 4.69) is 0 Å². The van der Waals surface area contributed by atoms with Gasteiger partial charge in [0.2, 0.25) is 11.7 Å². The molecular formula is C27H26N2O6. The number of methoxy groups -OCH3 is 3. The van der Waals surface area contributed by atoms with E-state index in [9.17, 15) is 9.59 Å². The van der Waals surface area contributed by atoms with E-state index in [1.807, 2.05) is 61.5 Å². The summed E-state index contributed by atoms with van der Waals surface area (Å²) >= 11 is 0. The Balaban J connectivity index is 1.66. The normalized spacial score (nSPS) is 21.3. The number of fused-ring (bicyclic) bond motifs is 1. The number of benzene rings is 3. The van der Waals surface area contributed by atoms with Gasteiger partial charge in [-0.15, -0.1) is 0 Å². The number of anilines is 2. The van der Waals surface area contributed by atoms with Crippen LogP contribution in [0.15, 0.2) is 66.7 Å². The van der Waals surface area contributed by atoms with Crippen molar-refractivity contribution >= 4 is 23.2 Å². The molecule has 0 aromatic heterocycles. The molecule has 0 N–H and O–H groups in total. The van der Waals surface area contributed by atoms with Crippen LogP contribution in [0, 0.1) is 12.8 Å². The van der Waals surface area contributed by atoms with Crippen LogP contribution in [0.1, 0.15) is 17.2 Å². The fourth-order valence-electron chi connectivity index (χ4n) is 4.91. The Bertz CT molecular complexity index is 1280. The Labute approximate surface area is 203 Å². The molecule has 5 rings (SSSR count). The van der Waals surface area contributed by atoms with Gasteiger partial charge in [0.05, 0.1) is 32.7 Å². The lowest BCUT2D eigenvalue weighted by Crippen LogP contribution is -2.37. The van der Waals surface area contributed by atoms with E-state index in [1.54, 1.807) is 24.3 Å². The smallest absolute Gasteiger partial charge is 0.266 e. The molecule has 8 nitrogen and oxygen atoms in total. The first-order chi connectivity index (χ1) is 17.0. The van der Waals surface area contributed by atoms with Gasteiger partial charge in [-0.2, -0.15) is 0 Å². The van der Waals surface area contributed by atoms with Crippen molar-refractivity contribution in [3.05, 3.63) is 77.9 Å². The van der Waals surface area contributed by atoms with Gasteiger partial charge in [-0.1, -0.05) is 30.3 Å². The molecule has 3 atom stereocenters. The average molecular weight is 475 g/mol. The van der Waals surface area contributed by atoms with Gasteiger partial charge in [0.1, 0.15) is 12.0 Å². The van der Waals surface area contributed by atoms with E-state index in [4.69, 9.17) is 19.0 Å². The van der Waals surface area contributed by atoms with Crippen LogP contribution in [0.4, 0.5) is 11.4 Å². The molecule has 2 saturated heterocycles. The highest BCUT2D eigenvalue weighted by Gasteiger charge is 2.61. The zero-order chi connectivity index (χ0) is 24.7. The Morgan fingerprint density at radius 3 is 2.14 bits per heavy atom. The lowest BCUT2D eigenvalue weighted by molar-refractivity contribution is -0.126. The van der Waals surface area contributed by atoms with Gasteiger partial charge in [-0.3, -0.25) is 14.4 Å². The van der Waals surface area contributed by atoms with Crippen molar-refractivity contribution in [1.82, 2.24) is 0 Å². The van der Waals surface area contributed by atoms with Crippen LogP contribution < -0.4 is 24.2 Å². The summed E-state index contributed by atoms with van der Waals surface area (Å²) in [6.45, 7) is 1.92. The Morgan fingerprint density at radius 2 is 1.49 bits per heavy atom. The minimum Gasteiger partial charge on any atom is -0.493 e. The number of imide groups is 1. The number of aryl methyl sites for hydroxylation is 1. The predicted molar refractivity (Wildman–Crippen MR) is 130 cm³/mol. The summed E-state index contributed by atoms with van der Waals surface area (Å²) in [6, 6.07) is 19.6. The molecule has 0 unspecified atom stereocenters. The summed E-state index contributed by atoms with van der Waals surface area (Å²) < 4.78 is 16.8. The number of nitrogens with zero attached hydrogens (tertiary/aromatic N) is 2. The van der Waals surface area contributed by atoms with Crippen LogP contribution in [0.25, 0.3) is 0 Å². The molecule has 0 saturated carbocycles. The molecule has 0 spiro atoms.